The molecule has 0 bridgehead atoms. The third kappa shape index (κ3) is 7.46. The predicted molar refractivity (Wildman–Crippen MR) is 273 cm³/mol. The Morgan fingerprint density at radius 3 is 1.08 bits per heavy atom. The minimum Gasteiger partial charge on any atom is -0.314 e. The quantitative estimate of drug-likeness (QED) is 0.127. The van der Waals surface area contributed by atoms with Crippen LogP contribution >= 0.6 is 0 Å². The lowest BCUT2D eigenvalue weighted by Gasteiger charge is -2.30. The van der Waals surface area contributed by atoms with Gasteiger partial charge in [0.1, 0.15) is 0 Å². The van der Waals surface area contributed by atoms with Crippen molar-refractivity contribution in [3.8, 4) is 44.5 Å². The summed E-state index contributed by atoms with van der Waals surface area (Å²) in [5.41, 5.74) is 16.5. The zero-order valence-electron chi connectivity index (χ0n) is 35.6. The Bertz CT molecular complexity index is 3270. The van der Waals surface area contributed by atoms with Crippen molar-refractivity contribution in [3.05, 3.63) is 261 Å². The molecule has 304 valence electrons. The minimum absolute atomic E-state index is 0.961. The molecule has 2 heteroatoms. The highest BCUT2D eigenvalue weighted by Gasteiger charge is 2.23. The van der Waals surface area contributed by atoms with Crippen LogP contribution in [0, 0.1) is 0 Å². The van der Waals surface area contributed by atoms with E-state index in [1.165, 1.54) is 71.7 Å². The molecule has 2 nitrogen and oxygen atoms in total. The van der Waals surface area contributed by atoms with E-state index in [9.17, 15) is 0 Å². The molecule has 0 aromatic heterocycles. The van der Waals surface area contributed by atoms with Crippen molar-refractivity contribution >= 4 is 50.0 Å². The lowest BCUT2D eigenvalue weighted by molar-refractivity contribution is 0.918. The maximum Gasteiger partial charge on any atom is 0.0468 e. The largest absolute Gasteiger partial charge is 0.314 e. The molecule has 0 fully saturated rings. The Morgan fingerprint density at radius 2 is 0.641 bits per heavy atom. The van der Waals surface area contributed by atoms with E-state index in [1.54, 1.807) is 0 Å². The maximum atomic E-state index is 2.46. The lowest BCUT2D eigenvalue weighted by Crippen LogP contribution is -2.17. The molecule has 0 unspecified atom stereocenters. The Hall–Kier alpha value is -8.20. The summed E-state index contributed by atoms with van der Waals surface area (Å²) in [6.07, 6.45) is 8.72. The van der Waals surface area contributed by atoms with Crippen molar-refractivity contribution in [2.24, 2.45) is 0 Å². The predicted octanol–water partition coefficient (Wildman–Crippen LogP) is 17.5. The van der Waals surface area contributed by atoms with E-state index < -0.39 is 0 Å². The fourth-order valence-electron chi connectivity index (χ4n) is 9.46. The first-order valence-corrected chi connectivity index (χ1v) is 22.2. The van der Waals surface area contributed by atoms with E-state index in [0.717, 1.165) is 41.3 Å². The summed E-state index contributed by atoms with van der Waals surface area (Å²) < 4.78 is 0. The first-order chi connectivity index (χ1) is 31.8. The van der Waals surface area contributed by atoms with Gasteiger partial charge in [0.2, 0.25) is 0 Å². The number of fused-ring (bicyclic) bond motifs is 2. The molecule has 10 aromatic carbocycles. The molecule has 0 saturated carbocycles. The monoisotopic (exact) mass is 818 g/mol. The summed E-state index contributed by atoms with van der Waals surface area (Å²) in [5.74, 6) is 0. The number of benzene rings is 10. The van der Waals surface area contributed by atoms with Crippen molar-refractivity contribution in [3.63, 3.8) is 0 Å². The van der Waals surface area contributed by atoms with Crippen LogP contribution in [0.4, 0.5) is 28.4 Å². The smallest absolute Gasteiger partial charge is 0.0468 e. The van der Waals surface area contributed by atoms with Crippen molar-refractivity contribution in [1.82, 2.24) is 0 Å². The van der Waals surface area contributed by atoms with E-state index >= 15 is 0 Å². The number of nitrogens with zero attached hydrogens (tertiary/aromatic N) is 2. The van der Waals surface area contributed by atoms with Gasteiger partial charge in [-0.25, -0.2) is 0 Å². The minimum atomic E-state index is 0.961. The highest BCUT2D eigenvalue weighted by Crippen LogP contribution is 2.48. The molecule has 0 atom stereocenters. The summed E-state index contributed by atoms with van der Waals surface area (Å²) in [7, 11) is 0. The number of rotatable bonds is 10. The topological polar surface area (TPSA) is 6.48 Å². The van der Waals surface area contributed by atoms with Crippen molar-refractivity contribution in [1.29, 1.82) is 0 Å². The molecule has 0 heterocycles. The summed E-state index contributed by atoms with van der Waals surface area (Å²) in [4.78, 5) is 4.84. The van der Waals surface area contributed by atoms with Crippen LogP contribution < -0.4 is 9.80 Å². The van der Waals surface area contributed by atoms with E-state index in [4.69, 9.17) is 0 Å². The molecule has 10 aromatic rings. The molecule has 1 aliphatic rings. The zero-order chi connectivity index (χ0) is 42.7. The highest BCUT2D eigenvalue weighted by atomic mass is 15.2. The van der Waals surface area contributed by atoms with E-state index in [1.807, 2.05) is 0 Å². The average Bonchev–Trinajstić information content (AvgIpc) is 3.38. The van der Waals surface area contributed by atoms with Crippen LogP contribution in [0.5, 0.6) is 0 Å². The second-order valence-corrected chi connectivity index (χ2v) is 16.4. The molecule has 0 radical (unpaired) electrons. The number of hydrogen-bond donors (Lipinski definition) is 0. The fourth-order valence-corrected chi connectivity index (χ4v) is 9.46. The van der Waals surface area contributed by atoms with Crippen molar-refractivity contribution < 1.29 is 0 Å². The van der Waals surface area contributed by atoms with Crippen LogP contribution in [0.2, 0.25) is 0 Å². The van der Waals surface area contributed by atoms with Gasteiger partial charge in [-0.1, -0.05) is 188 Å². The first-order valence-electron chi connectivity index (χ1n) is 22.2. The number of anilines is 5. The molecule has 0 amide bonds. The van der Waals surface area contributed by atoms with Gasteiger partial charge >= 0.3 is 0 Å². The van der Waals surface area contributed by atoms with Gasteiger partial charge in [0.15, 0.2) is 0 Å². The summed E-state index contributed by atoms with van der Waals surface area (Å²) >= 11 is 0. The van der Waals surface area contributed by atoms with E-state index in [-0.39, 0.29) is 0 Å². The van der Waals surface area contributed by atoms with Gasteiger partial charge in [-0.3, -0.25) is 0 Å². The van der Waals surface area contributed by atoms with E-state index in [0.29, 0.717) is 0 Å². The van der Waals surface area contributed by atoms with Crippen LogP contribution in [0.25, 0.3) is 66.1 Å². The zero-order valence-corrected chi connectivity index (χ0v) is 35.6. The van der Waals surface area contributed by atoms with Crippen LogP contribution in [0.1, 0.15) is 12.8 Å². The van der Waals surface area contributed by atoms with Gasteiger partial charge in [-0.15, -0.1) is 0 Å². The van der Waals surface area contributed by atoms with Gasteiger partial charge < -0.3 is 9.80 Å². The fraction of sp³-hybridized carbons (Fsp3) is 0.0323. The normalized spacial score (nSPS) is 12.3. The van der Waals surface area contributed by atoms with Crippen LogP contribution in [0.15, 0.2) is 261 Å². The third-order valence-corrected chi connectivity index (χ3v) is 12.5. The summed E-state index contributed by atoms with van der Waals surface area (Å²) in [6.45, 7) is 0. The second kappa shape index (κ2) is 17.3. The van der Waals surface area contributed by atoms with Crippen molar-refractivity contribution in [2.45, 2.75) is 12.8 Å². The van der Waals surface area contributed by atoms with Crippen LogP contribution in [-0.4, -0.2) is 0 Å². The standard InChI is InChI=1S/C62H46N2/c1-7-19-45(20-8-1)47-31-35-53(36-32-47)63(51-27-15-5-16-28-51)55-39-41-57-59(43-55)61(49-23-11-3-12-24-49)58-42-40-56(44-60(58)62(57)50-25-13-4-14-26-50)64(52-29-17-6-18-30-52)54-37-33-48(34-38-54)46-21-9-2-10-22-46/h1-17,19-29,31-44H,18,30H2. The summed E-state index contributed by atoms with van der Waals surface area (Å²) in [6, 6.07) is 86.0. The third-order valence-electron chi connectivity index (χ3n) is 12.5. The molecule has 0 saturated heterocycles. The van der Waals surface area contributed by atoms with Crippen LogP contribution in [-0.2, 0) is 0 Å². The molecule has 11 rings (SSSR count). The molecule has 0 aliphatic heterocycles. The van der Waals surface area contributed by atoms with Gasteiger partial charge in [0, 0.05) is 34.1 Å². The van der Waals surface area contributed by atoms with Gasteiger partial charge in [0.25, 0.3) is 0 Å². The van der Waals surface area contributed by atoms with Gasteiger partial charge in [0.05, 0.1) is 0 Å². The van der Waals surface area contributed by atoms with E-state index in [2.05, 4.69) is 265 Å². The summed E-state index contributed by atoms with van der Waals surface area (Å²) in [5, 5.41) is 4.86. The SMILES string of the molecule is C1=CCCC(N(c2ccc(-c3ccccc3)cc2)c2ccc3c(-c4ccccc4)c4cc(N(c5ccccc5)c5ccc(-c6ccccc6)cc5)ccc4c(-c4ccccc4)c3c2)=C1. The van der Waals surface area contributed by atoms with Gasteiger partial charge in [-0.2, -0.15) is 0 Å². The first kappa shape index (κ1) is 38.7. The molecule has 1 aliphatic carbocycles. The Labute approximate surface area is 376 Å². The molecular weight excluding hydrogens is 773 g/mol. The Morgan fingerprint density at radius 1 is 0.281 bits per heavy atom. The highest BCUT2D eigenvalue weighted by molar-refractivity contribution is 6.22. The number of hydrogen-bond acceptors (Lipinski definition) is 2. The maximum absolute atomic E-state index is 2.46. The van der Waals surface area contributed by atoms with Gasteiger partial charge in [-0.05, 0) is 146 Å². The average molecular weight is 819 g/mol. The lowest BCUT2D eigenvalue weighted by atomic mass is 9.85. The van der Waals surface area contributed by atoms with Crippen molar-refractivity contribution in [2.75, 3.05) is 9.80 Å². The Balaban J connectivity index is 1.14. The molecule has 64 heavy (non-hydrogen) atoms. The second-order valence-electron chi connectivity index (χ2n) is 16.4. The molecule has 0 spiro atoms. The van der Waals surface area contributed by atoms with Crippen LogP contribution in [0.3, 0.4) is 0 Å². The number of allylic oxidation sites excluding steroid dienone is 4. The Kier molecular flexibility index (Phi) is 10.5. The molecular formula is C62H46N2. The molecule has 0 N–H and O–H groups in total. The number of para-hydroxylation sites is 1.